The first-order valence-corrected chi connectivity index (χ1v) is 12.0. The molecule has 4 aliphatic rings. The Morgan fingerprint density at radius 2 is 1.66 bits per heavy atom. The second kappa shape index (κ2) is 8.65. The summed E-state index contributed by atoms with van der Waals surface area (Å²) in [5.74, 6) is 4.04. The van der Waals surface area contributed by atoms with E-state index in [0.717, 1.165) is 29.0 Å². The predicted molar refractivity (Wildman–Crippen MR) is 128 cm³/mol. The summed E-state index contributed by atoms with van der Waals surface area (Å²) in [5.41, 5.74) is 3.61. The molecule has 4 heteroatoms. The van der Waals surface area contributed by atoms with E-state index in [9.17, 15) is 4.79 Å². The van der Waals surface area contributed by atoms with Crippen LogP contribution < -0.4 is 14.8 Å². The summed E-state index contributed by atoms with van der Waals surface area (Å²) in [6.07, 6.45) is 11.8. The van der Waals surface area contributed by atoms with Crippen molar-refractivity contribution in [1.29, 1.82) is 0 Å². The van der Waals surface area contributed by atoms with Crippen molar-refractivity contribution < 1.29 is 14.3 Å². The SMILES string of the molecule is CCOc1cc(/C=C/C(=O)Nc2ccc(C34CC5CC(CC(C5)C3)C4)cc2)ccc1OC. The molecular weight excluding hydrogens is 398 g/mol. The molecule has 4 bridgehead atoms. The number of ether oxygens (including phenoxy) is 2. The van der Waals surface area contributed by atoms with Crippen molar-refractivity contribution in [3.05, 3.63) is 59.7 Å². The average molecular weight is 432 g/mol. The Kier molecular flexibility index (Phi) is 5.71. The Bertz CT molecular complexity index is 973. The molecule has 0 atom stereocenters. The van der Waals surface area contributed by atoms with E-state index in [2.05, 4.69) is 29.6 Å². The topological polar surface area (TPSA) is 47.6 Å². The van der Waals surface area contributed by atoms with Crippen LogP contribution in [0, 0.1) is 17.8 Å². The highest BCUT2D eigenvalue weighted by atomic mass is 16.5. The molecule has 6 rings (SSSR count). The van der Waals surface area contributed by atoms with Crippen LogP contribution in [0.25, 0.3) is 6.08 Å². The number of carbonyl (C=O) groups excluding carboxylic acids is 1. The lowest BCUT2D eigenvalue weighted by atomic mass is 9.48. The predicted octanol–water partition coefficient (Wildman–Crippen LogP) is 6.21. The van der Waals surface area contributed by atoms with Crippen molar-refractivity contribution in [1.82, 2.24) is 0 Å². The highest BCUT2D eigenvalue weighted by molar-refractivity contribution is 6.01. The maximum atomic E-state index is 12.5. The standard InChI is InChI=1S/C28H33NO3/c1-3-32-26-15-19(4-10-25(26)31-2)5-11-27(30)29-24-8-6-23(7-9-24)28-16-20-12-21(17-28)14-22(13-20)18-28/h4-11,15,20-22H,3,12-14,16-18H2,1-2H3,(H,29,30)/b11-5+. The first-order valence-electron chi connectivity index (χ1n) is 12.0. The Morgan fingerprint density at radius 1 is 1.00 bits per heavy atom. The van der Waals surface area contributed by atoms with Gasteiger partial charge in [-0.3, -0.25) is 4.79 Å². The smallest absolute Gasteiger partial charge is 0.248 e. The number of anilines is 1. The summed E-state index contributed by atoms with van der Waals surface area (Å²) in [7, 11) is 1.62. The average Bonchev–Trinajstić information content (AvgIpc) is 2.78. The van der Waals surface area contributed by atoms with E-state index in [1.165, 1.54) is 44.1 Å². The van der Waals surface area contributed by atoms with Crippen LogP contribution in [0.1, 0.15) is 56.6 Å². The summed E-state index contributed by atoms with van der Waals surface area (Å²) in [5, 5.41) is 2.99. The Labute approximate surface area is 191 Å². The van der Waals surface area contributed by atoms with Crippen molar-refractivity contribution in [3.8, 4) is 11.5 Å². The molecule has 4 aliphatic carbocycles. The maximum absolute atomic E-state index is 12.5. The molecule has 4 saturated carbocycles. The van der Waals surface area contributed by atoms with E-state index in [4.69, 9.17) is 9.47 Å². The first kappa shape index (κ1) is 21.1. The maximum Gasteiger partial charge on any atom is 0.248 e. The van der Waals surface area contributed by atoms with Gasteiger partial charge in [0.15, 0.2) is 11.5 Å². The fraction of sp³-hybridized carbons (Fsp3) is 0.464. The number of benzene rings is 2. The third-order valence-electron chi connectivity index (χ3n) is 7.72. The zero-order valence-electron chi connectivity index (χ0n) is 19.1. The minimum atomic E-state index is -0.138. The van der Waals surface area contributed by atoms with Crippen molar-refractivity contribution in [2.45, 2.75) is 50.9 Å². The lowest BCUT2D eigenvalue weighted by molar-refractivity contribution is -0.111. The molecule has 4 nitrogen and oxygen atoms in total. The molecule has 1 amide bonds. The molecule has 0 heterocycles. The molecule has 1 N–H and O–H groups in total. The number of rotatable bonds is 7. The third kappa shape index (κ3) is 4.15. The van der Waals surface area contributed by atoms with Gasteiger partial charge in [-0.25, -0.2) is 0 Å². The van der Waals surface area contributed by atoms with Gasteiger partial charge in [-0.2, -0.15) is 0 Å². The van der Waals surface area contributed by atoms with E-state index < -0.39 is 0 Å². The second-order valence-electron chi connectivity index (χ2n) is 9.94. The van der Waals surface area contributed by atoms with Gasteiger partial charge in [0.2, 0.25) is 5.91 Å². The number of amides is 1. The van der Waals surface area contributed by atoms with Crippen molar-refractivity contribution in [2.24, 2.45) is 17.8 Å². The largest absolute Gasteiger partial charge is 0.493 e. The van der Waals surface area contributed by atoms with Gasteiger partial charge in [0.25, 0.3) is 0 Å². The van der Waals surface area contributed by atoms with E-state index in [1.807, 2.05) is 25.1 Å². The lowest BCUT2D eigenvalue weighted by Crippen LogP contribution is -2.48. The van der Waals surface area contributed by atoms with Gasteiger partial charge in [0.05, 0.1) is 13.7 Å². The number of methoxy groups -OCH3 is 1. The molecule has 32 heavy (non-hydrogen) atoms. The van der Waals surface area contributed by atoms with Gasteiger partial charge in [0.1, 0.15) is 0 Å². The number of hydrogen-bond acceptors (Lipinski definition) is 3. The monoisotopic (exact) mass is 431 g/mol. The van der Waals surface area contributed by atoms with Crippen LogP contribution in [0.4, 0.5) is 5.69 Å². The second-order valence-corrected chi connectivity index (χ2v) is 9.94. The van der Waals surface area contributed by atoms with Crippen LogP contribution in [-0.2, 0) is 10.2 Å². The van der Waals surface area contributed by atoms with Gasteiger partial charge >= 0.3 is 0 Å². The van der Waals surface area contributed by atoms with Gasteiger partial charge < -0.3 is 14.8 Å². The van der Waals surface area contributed by atoms with Crippen molar-refractivity contribution in [2.75, 3.05) is 19.0 Å². The van der Waals surface area contributed by atoms with Crippen LogP contribution >= 0.6 is 0 Å². The van der Waals surface area contributed by atoms with Gasteiger partial charge in [-0.15, -0.1) is 0 Å². The van der Waals surface area contributed by atoms with Crippen LogP contribution in [0.15, 0.2) is 48.5 Å². The van der Waals surface area contributed by atoms with E-state index in [1.54, 1.807) is 19.3 Å². The molecule has 0 unspecified atom stereocenters. The molecule has 2 aromatic rings. The van der Waals surface area contributed by atoms with E-state index in [-0.39, 0.29) is 5.91 Å². The van der Waals surface area contributed by atoms with Gasteiger partial charge in [-0.1, -0.05) is 18.2 Å². The minimum Gasteiger partial charge on any atom is -0.493 e. The van der Waals surface area contributed by atoms with Crippen LogP contribution in [0.2, 0.25) is 0 Å². The Balaban J connectivity index is 1.23. The lowest BCUT2D eigenvalue weighted by Gasteiger charge is -2.57. The summed E-state index contributed by atoms with van der Waals surface area (Å²) in [6.45, 7) is 2.49. The Hall–Kier alpha value is -2.75. The summed E-state index contributed by atoms with van der Waals surface area (Å²) < 4.78 is 10.9. The van der Waals surface area contributed by atoms with Gasteiger partial charge in [-0.05, 0) is 110 Å². The fourth-order valence-corrected chi connectivity index (χ4v) is 6.79. The molecule has 0 spiro atoms. The zero-order chi connectivity index (χ0) is 22.1. The molecule has 0 aliphatic heterocycles. The molecule has 0 radical (unpaired) electrons. The molecular formula is C28H33NO3. The number of hydrogen-bond donors (Lipinski definition) is 1. The highest BCUT2D eigenvalue weighted by Crippen LogP contribution is 2.60. The first-order chi connectivity index (χ1) is 15.6. The highest BCUT2D eigenvalue weighted by Gasteiger charge is 2.51. The fourth-order valence-electron chi connectivity index (χ4n) is 6.79. The number of nitrogens with one attached hydrogen (secondary N) is 1. The van der Waals surface area contributed by atoms with Crippen LogP contribution in [0.5, 0.6) is 11.5 Å². The molecule has 0 aromatic heterocycles. The van der Waals surface area contributed by atoms with Gasteiger partial charge in [0, 0.05) is 11.8 Å². The van der Waals surface area contributed by atoms with Crippen LogP contribution in [-0.4, -0.2) is 19.6 Å². The molecule has 2 aromatic carbocycles. The van der Waals surface area contributed by atoms with Crippen LogP contribution in [0.3, 0.4) is 0 Å². The van der Waals surface area contributed by atoms with Crippen molar-refractivity contribution in [3.63, 3.8) is 0 Å². The summed E-state index contributed by atoms with van der Waals surface area (Å²) in [4.78, 5) is 12.5. The quantitative estimate of drug-likeness (QED) is 0.530. The molecule has 4 fully saturated rings. The zero-order valence-corrected chi connectivity index (χ0v) is 19.1. The summed E-state index contributed by atoms with van der Waals surface area (Å²) in [6, 6.07) is 14.3. The van der Waals surface area contributed by atoms with E-state index >= 15 is 0 Å². The molecule has 168 valence electrons. The van der Waals surface area contributed by atoms with Crippen molar-refractivity contribution >= 4 is 17.7 Å². The third-order valence-corrected chi connectivity index (χ3v) is 7.72. The number of carbonyl (C=O) groups is 1. The Morgan fingerprint density at radius 3 is 2.25 bits per heavy atom. The minimum absolute atomic E-state index is 0.138. The molecule has 0 saturated heterocycles. The van der Waals surface area contributed by atoms with E-state index in [0.29, 0.717) is 23.5 Å². The summed E-state index contributed by atoms with van der Waals surface area (Å²) >= 11 is 0. The normalized spacial score (nSPS) is 28.1.